The number of aromatic nitrogens is 2. The van der Waals surface area contributed by atoms with Gasteiger partial charge in [0.2, 0.25) is 5.88 Å². The predicted octanol–water partition coefficient (Wildman–Crippen LogP) is 4.49. The third kappa shape index (κ3) is 4.70. The fourth-order valence-corrected chi connectivity index (χ4v) is 3.63. The van der Waals surface area contributed by atoms with Crippen molar-refractivity contribution in [3.05, 3.63) is 60.3 Å². The first kappa shape index (κ1) is 20.1. The monoisotopic (exact) mass is 405 g/mol. The van der Waals surface area contributed by atoms with Crippen LogP contribution >= 0.6 is 0 Å². The van der Waals surface area contributed by atoms with Gasteiger partial charge in [-0.1, -0.05) is 31.5 Å². The summed E-state index contributed by atoms with van der Waals surface area (Å²) in [5, 5.41) is 10.2. The van der Waals surface area contributed by atoms with Crippen molar-refractivity contribution in [2.75, 3.05) is 19.7 Å². The molecule has 1 aliphatic rings. The Morgan fingerprint density at radius 1 is 1.10 bits per heavy atom. The largest absolute Gasteiger partial charge is 0.494 e. The first-order chi connectivity index (χ1) is 14.7. The van der Waals surface area contributed by atoms with Crippen LogP contribution in [0.15, 0.2) is 54.7 Å². The van der Waals surface area contributed by atoms with Crippen LogP contribution < -0.4 is 9.47 Å². The molecule has 1 aliphatic heterocycles. The van der Waals surface area contributed by atoms with Gasteiger partial charge in [0.05, 0.1) is 12.8 Å². The molecule has 156 valence electrons. The van der Waals surface area contributed by atoms with E-state index in [-0.39, 0.29) is 12.0 Å². The Morgan fingerprint density at radius 3 is 2.63 bits per heavy atom. The van der Waals surface area contributed by atoms with Crippen LogP contribution in [0.2, 0.25) is 0 Å². The number of ether oxygens (including phenoxy) is 2. The van der Waals surface area contributed by atoms with Crippen LogP contribution in [0.3, 0.4) is 0 Å². The van der Waals surface area contributed by atoms with Crippen LogP contribution in [-0.4, -0.2) is 46.8 Å². The highest BCUT2D eigenvalue weighted by atomic mass is 16.5. The Labute approximate surface area is 176 Å². The zero-order valence-corrected chi connectivity index (χ0v) is 17.3. The van der Waals surface area contributed by atoms with Crippen molar-refractivity contribution in [3.8, 4) is 11.6 Å². The Bertz CT molecular complexity index is 977. The molecule has 1 amide bonds. The second-order valence-electron chi connectivity index (χ2n) is 7.57. The molecule has 6 heteroatoms. The fourth-order valence-electron chi connectivity index (χ4n) is 3.63. The molecule has 0 aliphatic carbocycles. The molecule has 0 unspecified atom stereocenters. The van der Waals surface area contributed by atoms with Gasteiger partial charge in [-0.25, -0.2) is 0 Å². The zero-order chi connectivity index (χ0) is 20.8. The Hall–Kier alpha value is -3.15. The SMILES string of the molecule is CCCCOc1ccc(C(=O)N2CCC(Oc3nncc4ccccc34)CC2)cc1. The van der Waals surface area contributed by atoms with Crippen LogP contribution in [0.1, 0.15) is 43.0 Å². The quantitative estimate of drug-likeness (QED) is 0.542. The lowest BCUT2D eigenvalue weighted by Crippen LogP contribution is -2.41. The number of nitrogens with zero attached hydrogens (tertiary/aromatic N) is 3. The summed E-state index contributed by atoms with van der Waals surface area (Å²) in [7, 11) is 0. The van der Waals surface area contributed by atoms with Crippen LogP contribution in [0.25, 0.3) is 10.8 Å². The highest BCUT2D eigenvalue weighted by Gasteiger charge is 2.25. The van der Waals surface area contributed by atoms with Gasteiger partial charge in [-0.05, 0) is 36.8 Å². The van der Waals surface area contributed by atoms with E-state index < -0.39 is 0 Å². The van der Waals surface area contributed by atoms with E-state index >= 15 is 0 Å². The van der Waals surface area contributed by atoms with Gasteiger partial charge in [-0.3, -0.25) is 4.79 Å². The summed E-state index contributed by atoms with van der Waals surface area (Å²) in [6.45, 7) is 4.17. The maximum absolute atomic E-state index is 12.8. The van der Waals surface area contributed by atoms with Gasteiger partial charge in [0.1, 0.15) is 11.9 Å². The smallest absolute Gasteiger partial charge is 0.253 e. The van der Waals surface area contributed by atoms with Gasteiger partial charge in [-0.2, -0.15) is 5.10 Å². The molecule has 0 N–H and O–H groups in total. The maximum atomic E-state index is 12.8. The average molecular weight is 405 g/mol. The van der Waals surface area contributed by atoms with Crippen molar-refractivity contribution < 1.29 is 14.3 Å². The predicted molar refractivity (Wildman–Crippen MR) is 116 cm³/mol. The van der Waals surface area contributed by atoms with Crippen molar-refractivity contribution in [1.29, 1.82) is 0 Å². The normalized spacial score (nSPS) is 14.6. The molecule has 3 aromatic rings. The lowest BCUT2D eigenvalue weighted by Gasteiger charge is -2.32. The van der Waals surface area contributed by atoms with E-state index in [9.17, 15) is 4.79 Å². The lowest BCUT2D eigenvalue weighted by atomic mass is 10.1. The van der Waals surface area contributed by atoms with Crippen LogP contribution in [0.4, 0.5) is 0 Å². The second-order valence-corrected chi connectivity index (χ2v) is 7.57. The Balaban J connectivity index is 1.32. The number of hydrogen-bond donors (Lipinski definition) is 0. The molecule has 4 rings (SSSR count). The first-order valence-corrected chi connectivity index (χ1v) is 10.6. The summed E-state index contributed by atoms with van der Waals surface area (Å²) in [4.78, 5) is 14.7. The molecule has 0 bridgehead atoms. The number of carbonyl (C=O) groups excluding carboxylic acids is 1. The summed E-state index contributed by atoms with van der Waals surface area (Å²) < 4.78 is 11.8. The maximum Gasteiger partial charge on any atom is 0.253 e. The van der Waals surface area contributed by atoms with Crippen LogP contribution in [0.5, 0.6) is 11.6 Å². The van der Waals surface area contributed by atoms with Crippen molar-refractivity contribution in [2.24, 2.45) is 0 Å². The summed E-state index contributed by atoms with van der Waals surface area (Å²) in [5.41, 5.74) is 0.692. The van der Waals surface area contributed by atoms with Gasteiger partial charge in [0, 0.05) is 42.3 Å². The van der Waals surface area contributed by atoms with Gasteiger partial charge in [-0.15, -0.1) is 5.10 Å². The standard InChI is InChI=1S/C24H27N3O3/c1-2-3-16-29-20-10-8-18(9-11-20)24(28)27-14-12-21(13-15-27)30-23-22-7-5-4-6-19(22)17-25-26-23/h4-11,17,21H,2-3,12-16H2,1H3. The molecule has 2 heterocycles. The minimum absolute atomic E-state index is 0.0310. The first-order valence-electron chi connectivity index (χ1n) is 10.6. The van der Waals surface area contributed by atoms with Gasteiger partial charge in [0.15, 0.2) is 0 Å². The van der Waals surface area contributed by atoms with Gasteiger partial charge < -0.3 is 14.4 Å². The summed E-state index contributed by atoms with van der Waals surface area (Å²) >= 11 is 0. The number of hydrogen-bond acceptors (Lipinski definition) is 5. The van der Waals surface area contributed by atoms with Crippen molar-refractivity contribution in [2.45, 2.75) is 38.7 Å². The summed E-state index contributed by atoms with van der Waals surface area (Å²) in [6, 6.07) is 15.4. The lowest BCUT2D eigenvalue weighted by molar-refractivity contribution is 0.0589. The van der Waals surface area contributed by atoms with Crippen molar-refractivity contribution >= 4 is 16.7 Å². The minimum atomic E-state index is 0.0310. The third-order valence-corrected chi connectivity index (χ3v) is 5.41. The Kier molecular flexibility index (Phi) is 6.42. The van der Waals surface area contributed by atoms with Crippen molar-refractivity contribution in [1.82, 2.24) is 15.1 Å². The second kappa shape index (κ2) is 9.57. The van der Waals surface area contributed by atoms with Gasteiger partial charge in [0.25, 0.3) is 5.91 Å². The highest BCUT2D eigenvalue weighted by Crippen LogP contribution is 2.25. The molecule has 6 nitrogen and oxygen atoms in total. The van der Waals surface area contributed by atoms with Gasteiger partial charge >= 0.3 is 0 Å². The molecule has 0 radical (unpaired) electrons. The highest BCUT2D eigenvalue weighted by molar-refractivity contribution is 5.94. The van der Waals surface area contributed by atoms with E-state index in [0.29, 0.717) is 31.1 Å². The molecule has 0 spiro atoms. The number of carbonyl (C=O) groups is 1. The summed E-state index contributed by atoms with van der Waals surface area (Å²) in [5.74, 6) is 1.43. The number of benzene rings is 2. The van der Waals surface area contributed by atoms with E-state index in [1.807, 2.05) is 53.4 Å². The molecule has 2 aromatic carbocycles. The molecule has 0 saturated carbocycles. The number of rotatable bonds is 7. The third-order valence-electron chi connectivity index (χ3n) is 5.41. The van der Waals surface area contributed by atoms with Crippen LogP contribution in [-0.2, 0) is 0 Å². The minimum Gasteiger partial charge on any atom is -0.494 e. The molecule has 1 aromatic heterocycles. The molecule has 1 saturated heterocycles. The number of likely N-dealkylation sites (tertiary alicyclic amines) is 1. The summed E-state index contributed by atoms with van der Waals surface area (Å²) in [6.07, 6.45) is 5.45. The van der Waals surface area contributed by atoms with Crippen LogP contribution in [0, 0.1) is 0 Å². The Morgan fingerprint density at radius 2 is 1.87 bits per heavy atom. The molecule has 0 atom stereocenters. The van der Waals surface area contributed by atoms with E-state index in [4.69, 9.17) is 9.47 Å². The molecular weight excluding hydrogens is 378 g/mol. The molecule has 1 fully saturated rings. The van der Waals surface area contributed by atoms with E-state index in [1.165, 1.54) is 0 Å². The van der Waals surface area contributed by atoms with Crippen molar-refractivity contribution in [3.63, 3.8) is 0 Å². The average Bonchev–Trinajstić information content (AvgIpc) is 2.80. The zero-order valence-electron chi connectivity index (χ0n) is 17.3. The topological polar surface area (TPSA) is 64.5 Å². The van der Waals surface area contributed by atoms with E-state index in [0.717, 1.165) is 42.2 Å². The fraction of sp³-hybridized carbons (Fsp3) is 0.375. The number of amides is 1. The van der Waals surface area contributed by atoms with E-state index in [2.05, 4.69) is 17.1 Å². The molecular formula is C24H27N3O3. The number of fused-ring (bicyclic) bond motifs is 1. The number of unbranched alkanes of at least 4 members (excludes halogenated alkanes) is 1. The molecule has 30 heavy (non-hydrogen) atoms. The number of piperidine rings is 1. The van der Waals surface area contributed by atoms with E-state index in [1.54, 1.807) is 6.20 Å².